The molecule has 1 heterocycles. The van der Waals surface area contributed by atoms with Crippen LogP contribution in [-0.4, -0.2) is 0 Å². The summed E-state index contributed by atoms with van der Waals surface area (Å²) in [5.41, 5.74) is 10.4. The minimum Gasteiger partial charge on any atom is -0.456 e. The highest BCUT2D eigenvalue weighted by Crippen LogP contribution is 2.53. The van der Waals surface area contributed by atoms with Gasteiger partial charge in [-0.2, -0.15) is 0 Å². The molecule has 0 fully saturated rings. The molecule has 1 aromatic heterocycles. The third kappa shape index (κ3) is 3.93. The summed E-state index contributed by atoms with van der Waals surface area (Å²) in [5, 5.41) is 12.2. The minimum atomic E-state index is -0.0747. The Balaban J connectivity index is 1.24. The van der Waals surface area contributed by atoms with Crippen molar-refractivity contribution >= 4 is 82.1 Å². The van der Waals surface area contributed by atoms with Gasteiger partial charge in [0.05, 0.1) is 11.4 Å². The third-order valence-electron chi connectivity index (χ3n) is 11.4. The zero-order valence-electron chi connectivity index (χ0n) is 28.4. The molecule has 0 radical (unpaired) electrons. The van der Waals surface area contributed by atoms with E-state index in [4.69, 9.17) is 4.42 Å². The molecule has 51 heavy (non-hydrogen) atoms. The van der Waals surface area contributed by atoms with E-state index in [1.54, 1.807) is 0 Å². The lowest BCUT2D eigenvalue weighted by Crippen LogP contribution is -2.14. The number of hydrogen-bond donors (Lipinski definition) is 0. The van der Waals surface area contributed by atoms with Crippen molar-refractivity contribution in [1.29, 1.82) is 0 Å². The molecule has 240 valence electrons. The van der Waals surface area contributed by atoms with Crippen molar-refractivity contribution in [2.75, 3.05) is 4.90 Å². The van der Waals surface area contributed by atoms with Gasteiger partial charge in [-0.1, -0.05) is 141 Å². The molecule has 0 saturated heterocycles. The van der Waals surface area contributed by atoms with Crippen LogP contribution in [0.5, 0.6) is 0 Å². The van der Waals surface area contributed by atoms with E-state index in [1.165, 1.54) is 70.7 Å². The Morgan fingerprint density at radius 2 is 0.980 bits per heavy atom. The van der Waals surface area contributed by atoms with Gasteiger partial charge in [-0.25, -0.2) is 0 Å². The van der Waals surface area contributed by atoms with Gasteiger partial charge in [-0.15, -0.1) is 0 Å². The molecule has 0 saturated carbocycles. The average molecular weight is 652 g/mol. The summed E-state index contributed by atoms with van der Waals surface area (Å²) in [6.45, 7) is 4.67. The lowest BCUT2D eigenvalue weighted by atomic mass is 9.82. The number of hydrogen-bond acceptors (Lipinski definition) is 2. The maximum atomic E-state index is 6.81. The topological polar surface area (TPSA) is 16.4 Å². The average Bonchev–Trinajstić information content (AvgIpc) is 3.66. The quantitative estimate of drug-likeness (QED) is 0.177. The first-order chi connectivity index (χ1) is 25.1. The third-order valence-corrected chi connectivity index (χ3v) is 11.4. The first kappa shape index (κ1) is 28.5. The Kier molecular flexibility index (Phi) is 5.76. The zero-order chi connectivity index (χ0) is 33.8. The Morgan fingerprint density at radius 3 is 1.63 bits per heavy atom. The van der Waals surface area contributed by atoms with Crippen molar-refractivity contribution in [3.05, 3.63) is 175 Å². The molecule has 0 amide bonds. The fraction of sp³-hybridized carbons (Fsp3) is 0.0612. The molecule has 1 aliphatic carbocycles. The molecule has 0 unspecified atom stereocenters. The van der Waals surface area contributed by atoms with Crippen LogP contribution in [0.2, 0.25) is 0 Å². The van der Waals surface area contributed by atoms with Crippen molar-refractivity contribution < 1.29 is 4.42 Å². The smallest absolute Gasteiger partial charge is 0.137 e. The monoisotopic (exact) mass is 651 g/mol. The van der Waals surface area contributed by atoms with Crippen LogP contribution in [0.1, 0.15) is 25.0 Å². The van der Waals surface area contributed by atoms with Crippen molar-refractivity contribution in [3.8, 4) is 11.1 Å². The van der Waals surface area contributed by atoms with Gasteiger partial charge < -0.3 is 9.32 Å². The summed E-state index contributed by atoms with van der Waals surface area (Å²) >= 11 is 0. The SMILES string of the molecule is CC1(C)c2ccccc2-c2c1ccc1oc3cc(N(c4cc5ccccc5c5ccccc45)c4cc5ccccc5c5ccccc45)ccc3c21. The van der Waals surface area contributed by atoms with Crippen LogP contribution in [0, 0.1) is 0 Å². The summed E-state index contributed by atoms with van der Waals surface area (Å²) in [5.74, 6) is 0. The van der Waals surface area contributed by atoms with Crippen LogP contribution in [-0.2, 0) is 5.41 Å². The van der Waals surface area contributed by atoms with Crippen molar-refractivity contribution in [1.82, 2.24) is 0 Å². The molecular formula is C49H33NO. The van der Waals surface area contributed by atoms with E-state index in [1.807, 2.05) is 0 Å². The van der Waals surface area contributed by atoms with E-state index in [2.05, 4.69) is 183 Å². The highest BCUT2D eigenvalue weighted by Gasteiger charge is 2.37. The van der Waals surface area contributed by atoms with Crippen molar-refractivity contribution in [2.45, 2.75) is 19.3 Å². The van der Waals surface area contributed by atoms with E-state index in [9.17, 15) is 0 Å². The maximum Gasteiger partial charge on any atom is 0.137 e. The van der Waals surface area contributed by atoms with E-state index in [0.29, 0.717) is 0 Å². The molecule has 2 nitrogen and oxygen atoms in total. The van der Waals surface area contributed by atoms with Crippen LogP contribution in [0.15, 0.2) is 168 Å². The predicted molar refractivity (Wildman–Crippen MR) is 216 cm³/mol. The van der Waals surface area contributed by atoms with Gasteiger partial charge in [0.15, 0.2) is 0 Å². The van der Waals surface area contributed by atoms with Crippen LogP contribution in [0.3, 0.4) is 0 Å². The standard InChI is InChI=1S/C49H33NO/c1-49(2)41-22-12-11-21-39(41)47-42(49)25-26-45-48(47)40-24-23-32(29-46(40)51-45)50(43-27-30-13-3-5-15-33(30)35-17-7-9-19-37(35)43)44-28-31-14-4-6-16-34(31)36-18-8-10-20-38(36)44/h3-29H,1-2H3. The minimum absolute atomic E-state index is 0.0747. The summed E-state index contributed by atoms with van der Waals surface area (Å²) in [6.07, 6.45) is 0. The Morgan fingerprint density at radius 1 is 0.431 bits per heavy atom. The van der Waals surface area contributed by atoms with Crippen LogP contribution in [0.4, 0.5) is 17.1 Å². The molecule has 11 rings (SSSR count). The van der Waals surface area contributed by atoms with Gasteiger partial charge >= 0.3 is 0 Å². The highest BCUT2D eigenvalue weighted by molar-refractivity contribution is 6.20. The number of furan rings is 1. The molecule has 0 bridgehead atoms. The molecular weight excluding hydrogens is 619 g/mol. The number of nitrogens with zero attached hydrogens (tertiary/aromatic N) is 1. The fourth-order valence-electron chi connectivity index (χ4n) is 9.03. The second-order valence-corrected chi connectivity index (χ2v) is 14.5. The van der Waals surface area contributed by atoms with Crippen LogP contribution >= 0.6 is 0 Å². The lowest BCUT2D eigenvalue weighted by molar-refractivity contribution is 0.656. The molecule has 0 atom stereocenters. The Hall–Kier alpha value is -6.38. The lowest BCUT2D eigenvalue weighted by Gasteiger charge is -2.29. The van der Waals surface area contributed by atoms with Crippen LogP contribution in [0.25, 0.3) is 76.2 Å². The molecule has 10 aromatic rings. The van der Waals surface area contributed by atoms with Gasteiger partial charge in [0.2, 0.25) is 0 Å². The second kappa shape index (κ2) is 10.3. The molecule has 9 aromatic carbocycles. The number of anilines is 3. The first-order valence-electron chi connectivity index (χ1n) is 17.8. The van der Waals surface area contributed by atoms with Crippen LogP contribution < -0.4 is 4.90 Å². The summed E-state index contributed by atoms with van der Waals surface area (Å²) in [4.78, 5) is 2.46. The number of rotatable bonds is 3. The van der Waals surface area contributed by atoms with Gasteiger partial charge in [0.25, 0.3) is 0 Å². The van der Waals surface area contributed by atoms with Gasteiger partial charge in [-0.05, 0) is 84.9 Å². The maximum absolute atomic E-state index is 6.81. The van der Waals surface area contributed by atoms with E-state index in [-0.39, 0.29) is 5.41 Å². The zero-order valence-corrected chi connectivity index (χ0v) is 28.4. The normalized spacial score (nSPS) is 13.5. The van der Waals surface area contributed by atoms with E-state index in [0.717, 1.165) is 33.6 Å². The molecule has 1 aliphatic rings. The van der Waals surface area contributed by atoms with Gasteiger partial charge in [0, 0.05) is 38.7 Å². The van der Waals surface area contributed by atoms with E-state index >= 15 is 0 Å². The highest BCUT2D eigenvalue weighted by atomic mass is 16.3. The Labute approximate surface area is 295 Å². The summed E-state index contributed by atoms with van der Waals surface area (Å²) in [7, 11) is 0. The van der Waals surface area contributed by atoms with Gasteiger partial charge in [0.1, 0.15) is 11.2 Å². The summed E-state index contributed by atoms with van der Waals surface area (Å²) in [6, 6.07) is 59.9. The molecule has 0 spiro atoms. The Bertz CT molecular complexity index is 2950. The second-order valence-electron chi connectivity index (χ2n) is 14.5. The van der Waals surface area contributed by atoms with Crippen molar-refractivity contribution in [2.24, 2.45) is 0 Å². The van der Waals surface area contributed by atoms with E-state index < -0.39 is 0 Å². The number of fused-ring (bicyclic) bond motifs is 13. The number of benzene rings is 9. The largest absolute Gasteiger partial charge is 0.456 e. The predicted octanol–water partition coefficient (Wildman–Crippen LogP) is 14.0. The fourth-order valence-corrected chi connectivity index (χ4v) is 9.03. The molecule has 0 aliphatic heterocycles. The van der Waals surface area contributed by atoms with Crippen molar-refractivity contribution in [3.63, 3.8) is 0 Å². The molecule has 0 N–H and O–H groups in total. The summed E-state index contributed by atoms with van der Waals surface area (Å²) < 4.78 is 6.81. The first-order valence-corrected chi connectivity index (χ1v) is 17.8. The molecule has 2 heteroatoms. The van der Waals surface area contributed by atoms with Gasteiger partial charge in [-0.3, -0.25) is 0 Å².